The summed E-state index contributed by atoms with van der Waals surface area (Å²) >= 11 is 0. The molecule has 0 saturated carbocycles. The molecule has 2 N–H and O–H groups in total. The van der Waals surface area contributed by atoms with Crippen LogP contribution in [-0.2, 0) is 30.5 Å². The van der Waals surface area contributed by atoms with Gasteiger partial charge in [-0.2, -0.15) is 0 Å². The molecule has 1 aromatic rings. The number of ether oxygens (including phenoxy) is 2. The Morgan fingerprint density at radius 1 is 1.17 bits per heavy atom. The molecule has 0 aliphatic carbocycles. The predicted molar refractivity (Wildman–Crippen MR) is 107 cm³/mol. The van der Waals surface area contributed by atoms with Crippen molar-refractivity contribution < 1.29 is 29.0 Å². The largest absolute Gasteiger partial charge is 0.481 e. The summed E-state index contributed by atoms with van der Waals surface area (Å²) in [6, 6.07) is 8.66. The van der Waals surface area contributed by atoms with Crippen LogP contribution in [0.4, 0.5) is 0 Å². The van der Waals surface area contributed by atoms with Crippen molar-refractivity contribution >= 4 is 17.9 Å². The van der Waals surface area contributed by atoms with E-state index in [-0.39, 0.29) is 25.1 Å². The molecule has 158 valence electrons. The van der Waals surface area contributed by atoms with E-state index in [9.17, 15) is 19.5 Å². The number of carbonyl (C=O) groups excluding carboxylic acids is 2. The molecule has 2 atom stereocenters. The Balaban J connectivity index is 2.44. The second-order valence-corrected chi connectivity index (χ2v) is 8.22. The van der Waals surface area contributed by atoms with Gasteiger partial charge >= 0.3 is 17.9 Å². The van der Waals surface area contributed by atoms with Gasteiger partial charge in [-0.3, -0.25) is 9.59 Å². The zero-order valence-electron chi connectivity index (χ0n) is 17.6. The van der Waals surface area contributed by atoms with Crippen molar-refractivity contribution in [1.29, 1.82) is 0 Å². The first kappa shape index (κ1) is 22.5. The van der Waals surface area contributed by atoms with Crippen LogP contribution in [0.5, 0.6) is 0 Å². The van der Waals surface area contributed by atoms with Crippen molar-refractivity contribution in [3.63, 3.8) is 0 Å². The third-order valence-corrected chi connectivity index (χ3v) is 5.53. The van der Waals surface area contributed by atoms with Gasteiger partial charge in [0.05, 0.1) is 7.11 Å². The normalized spacial score (nSPS) is 21.5. The van der Waals surface area contributed by atoms with Crippen LogP contribution < -0.4 is 5.32 Å². The van der Waals surface area contributed by atoms with Crippen molar-refractivity contribution in [3.05, 3.63) is 47.2 Å². The summed E-state index contributed by atoms with van der Waals surface area (Å²) in [6.07, 6.45) is 0.0597. The number of hydrogen-bond donors (Lipinski definition) is 2. The van der Waals surface area contributed by atoms with Crippen LogP contribution in [0.25, 0.3) is 0 Å². The second-order valence-electron chi connectivity index (χ2n) is 8.22. The average molecular weight is 403 g/mol. The number of benzene rings is 1. The second kappa shape index (κ2) is 8.68. The van der Waals surface area contributed by atoms with Gasteiger partial charge in [-0.1, -0.05) is 51.1 Å². The number of hydrogen-bond acceptors (Lipinski definition) is 6. The van der Waals surface area contributed by atoms with Gasteiger partial charge in [0.25, 0.3) is 0 Å². The van der Waals surface area contributed by atoms with E-state index in [1.165, 1.54) is 7.11 Å². The fourth-order valence-corrected chi connectivity index (χ4v) is 4.24. The molecule has 0 unspecified atom stereocenters. The van der Waals surface area contributed by atoms with Crippen LogP contribution in [0.3, 0.4) is 0 Å². The Morgan fingerprint density at radius 2 is 1.79 bits per heavy atom. The third kappa shape index (κ3) is 4.28. The number of rotatable bonds is 7. The number of carboxylic acids is 1. The maximum Gasteiger partial charge on any atom is 0.354 e. The Hall–Kier alpha value is -2.83. The monoisotopic (exact) mass is 403 g/mol. The fraction of sp³-hybridized carbons (Fsp3) is 0.500. The Bertz CT molecular complexity index is 808. The topological polar surface area (TPSA) is 102 Å². The van der Waals surface area contributed by atoms with E-state index < -0.39 is 34.8 Å². The SMILES string of the molecule is COC(=O)CCC1=C(C(=O)OCc2ccccc2)N[C@@H](C)[C@]1(C(=O)O)C(C)(C)C. The number of esters is 2. The quantitative estimate of drug-likeness (QED) is 0.675. The molecule has 1 aromatic carbocycles. The minimum absolute atomic E-state index is 0.0270. The van der Waals surface area contributed by atoms with Gasteiger partial charge < -0.3 is 19.9 Å². The lowest BCUT2D eigenvalue weighted by Gasteiger charge is -2.43. The molecule has 7 nitrogen and oxygen atoms in total. The minimum atomic E-state index is -1.37. The van der Waals surface area contributed by atoms with Crippen molar-refractivity contribution in [2.45, 2.75) is 53.2 Å². The van der Waals surface area contributed by atoms with E-state index in [1.54, 1.807) is 6.92 Å². The van der Waals surface area contributed by atoms with Crippen LogP contribution in [0.2, 0.25) is 0 Å². The lowest BCUT2D eigenvalue weighted by Crippen LogP contribution is -2.52. The van der Waals surface area contributed by atoms with E-state index in [0.717, 1.165) is 5.56 Å². The molecule has 1 aliphatic heterocycles. The first-order chi connectivity index (χ1) is 13.6. The summed E-state index contributed by atoms with van der Waals surface area (Å²) in [5.74, 6) is -2.15. The summed E-state index contributed by atoms with van der Waals surface area (Å²) in [6.45, 7) is 7.25. The number of aliphatic carboxylic acids is 1. The van der Waals surface area contributed by atoms with Gasteiger partial charge in [0.2, 0.25) is 0 Å². The maximum absolute atomic E-state index is 12.9. The van der Waals surface area contributed by atoms with E-state index in [4.69, 9.17) is 9.47 Å². The summed E-state index contributed by atoms with van der Waals surface area (Å²) in [4.78, 5) is 37.1. The highest BCUT2D eigenvalue weighted by atomic mass is 16.5. The van der Waals surface area contributed by atoms with Crippen LogP contribution >= 0.6 is 0 Å². The summed E-state index contributed by atoms with van der Waals surface area (Å²) in [7, 11) is 1.27. The van der Waals surface area contributed by atoms with Crippen LogP contribution in [0.1, 0.15) is 46.1 Å². The molecule has 0 aromatic heterocycles. The number of carbonyl (C=O) groups is 3. The number of methoxy groups -OCH3 is 1. The highest BCUT2D eigenvalue weighted by Gasteiger charge is 2.60. The lowest BCUT2D eigenvalue weighted by molar-refractivity contribution is -0.154. The van der Waals surface area contributed by atoms with Gasteiger partial charge in [-0.25, -0.2) is 4.79 Å². The molecule has 2 rings (SSSR count). The van der Waals surface area contributed by atoms with E-state index >= 15 is 0 Å². The van der Waals surface area contributed by atoms with Crippen LogP contribution in [0.15, 0.2) is 41.6 Å². The number of carboxylic acid groups (broad SMARTS) is 1. The number of nitrogens with one attached hydrogen (secondary N) is 1. The van der Waals surface area contributed by atoms with Crippen molar-refractivity contribution in [1.82, 2.24) is 5.32 Å². The Labute approximate surface area is 171 Å². The Kier molecular flexibility index (Phi) is 6.72. The zero-order valence-corrected chi connectivity index (χ0v) is 17.6. The Morgan fingerprint density at radius 3 is 2.31 bits per heavy atom. The van der Waals surface area contributed by atoms with Gasteiger partial charge in [0.1, 0.15) is 17.7 Å². The van der Waals surface area contributed by atoms with Crippen LogP contribution in [-0.4, -0.2) is 36.2 Å². The molecular weight excluding hydrogens is 374 g/mol. The fourth-order valence-electron chi connectivity index (χ4n) is 4.24. The average Bonchev–Trinajstić information content (AvgIpc) is 2.98. The molecule has 0 fully saturated rings. The molecule has 1 heterocycles. The maximum atomic E-state index is 12.9. The van der Waals surface area contributed by atoms with Crippen molar-refractivity contribution in [2.75, 3.05) is 7.11 Å². The molecule has 0 bridgehead atoms. The van der Waals surface area contributed by atoms with Gasteiger partial charge in [0.15, 0.2) is 0 Å². The van der Waals surface area contributed by atoms with Crippen molar-refractivity contribution in [3.8, 4) is 0 Å². The highest BCUT2D eigenvalue weighted by molar-refractivity contribution is 5.94. The third-order valence-electron chi connectivity index (χ3n) is 5.53. The molecule has 1 aliphatic rings. The predicted octanol–water partition coefficient (Wildman–Crippen LogP) is 3.05. The molecular formula is C22H29NO6. The van der Waals surface area contributed by atoms with E-state index in [1.807, 2.05) is 51.1 Å². The summed E-state index contributed by atoms with van der Waals surface area (Å²) < 4.78 is 10.1. The van der Waals surface area contributed by atoms with Gasteiger partial charge in [-0.05, 0) is 29.9 Å². The zero-order chi connectivity index (χ0) is 21.8. The molecule has 0 radical (unpaired) electrons. The molecule has 7 heteroatoms. The summed E-state index contributed by atoms with van der Waals surface area (Å²) in [5, 5.41) is 13.3. The lowest BCUT2D eigenvalue weighted by atomic mass is 9.59. The molecule has 0 amide bonds. The first-order valence-corrected chi connectivity index (χ1v) is 9.57. The highest BCUT2D eigenvalue weighted by Crippen LogP contribution is 2.53. The van der Waals surface area contributed by atoms with Gasteiger partial charge in [-0.15, -0.1) is 0 Å². The van der Waals surface area contributed by atoms with Gasteiger partial charge in [0, 0.05) is 12.5 Å². The van der Waals surface area contributed by atoms with E-state index in [2.05, 4.69) is 5.32 Å². The summed E-state index contributed by atoms with van der Waals surface area (Å²) in [5.41, 5.74) is -0.785. The van der Waals surface area contributed by atoms with Crippen molar-refractivity contribution in [2.24, 2.45) is 10.8 Å². The minimum Gasteiger partial charge on any atom is -0.481 e. The molecule has 29 heavy (non-hydrogen) atoms. The molecule has 0 saturated heterocycles. The first-order valence-electron chi connectivity index (χ1n) is 9.57. The smallest absolute Gasteiger partial charge is 0.354 e. The molecule has 0 spiro atoms. The standard InChI is InChI=1S/C22H29NO6/c1-14-22(20(26)27,21(2,3)4)16(11-12-17(24)28-5)18(23-14)19(25)29-13-15-9-7-6-8-10-15/h6-10,14,23H,11-13H2,1-5H3,(H,26,27)/t14-,22-/m0/s1. The van der Waals surface area contributed by atoms with Crippen LogP contribution in [0, 0.1) is 10.8 Å². The van der Waals surface area contributed by atoms with E-state index in [0.29, 0.717) is 5.57 Å².